The second-order valence-corrected chi connectivity index (χ2v) is 11.2. The molecule has 1 atom stereocenters. The average molecular weight is 552 g/mol. The Morgan fingerprint density at radius 3 is 2.73 bits per heavy atom. The molecule has 33 heavy (non-hydrogen) atoms. The van der Waals surface area contributed by atoms with Crippen LogP contribution in [0.1, 0.15) is 12.8 Å². The molecule has 1 unspecified atom stereocenters. The summed E-state index contributed by atoms with van der Waals surface area (Å²) in [6.45, 7) is 1.56. The normalized spacial score (nSPS) is 17.1. The van der Waals surface area contributed by atoms with Crippen LogP contribution >= 0.6 is 27.5 Å². The van der Waals surface area contributed by atoms with Crippen molar-refractivity contribution >= 4 is 60.1 Å². The maximum atomic E-state index is 13.0. The minimum atomic E-state index is -3.63. The Morgan fingerprint density at radius 2 is 1.94 bits per heavy atom. The maximum absolute atomic E-state index is 13.0. The van der Waals surface area contributed by atoms with Crippen LogP contribution in [0.2, 0.25) is 5.02 Å². The number of hydrogen-bond donors (Lipinski definition) is 2. The van der Waals surface area contributed by atoms with Crippen molar-refractivity contribution in [1.82, 2.24) is 14.6 Å². The summed E-state index contributed by atoms with van der Waals surface area (Å²) in [6.07, 6.45) is 3.03. The zero-order chi connectivity index (χ0) is 23.4. The number of piperidine rings is 1. The lowest BCUT2D eigenvalue weighted by Gasteiger charge is -2.31. The molecule has 1 aliphatic heterocycles. The molecule has 1 saturated heterocycles. The van der Waals surface area contributed by atoms with Crippen LogP contribution in [0, 0.1) is 5.92 Å². The van der Waals surface area contributed by atoms with Crippen LogP contribution in [-0.2, 0) is 14.8 Å². The highest BCUT2D eigenvalue weighted by atomic mass is 79.9. The van der Waals surface area contributed by atoms with E-state index < -0.39 is 10.0 Å². The van der Waals surface area contributed by atoms with Gasteiger partial charge in [-0.05, 0) is 61.4 Å². The maximum Gasteiger partial charge on any atom is 0.243 e. The van der Waals surface area contributed by atoms with E-state index in [1.165, 1.54) is 4.31 Å². The predicted octanol–water partition coefficient (Wildman–Crippen LogP) is 4.28. The highest BCUT2D eigenvalue weighted by molar-refractivity contribution is 9.10. The number of anilines is 1. The van der Waals surface area contributed by atoms with Gasteiger partial charge in [0.05, 0.1) is 16.3 Å². The van der Waals surface area contributed by atoms with E-state index in [-0.39, 0.29) is 23.3 Å². The quantitative estimate of drug-likeness (QED) is 0.428. The summed E-state index contributed by atoms with van der Waals surface area (Å²) >= 11 is 9.36. The van der Waals surface area contributed by atoms with Crippen molar-refractivity contribution in [3.8, 4) is 0 Å². The summed E-state index contributed by atoms with van der Waals surface area (Å²) < 4.78 is 28.2. The third-order valence-electron chi connectivity index (χ3n) is 5.65. The number of aromatic nitrogens is 1. The molecular weight excluding hydrogens is 528 g/mol. The first-order valence-corrected chi connectivity index (χ1v) is 13.3. The SMILES string of the molecule is O=C(NCCNc1ccnc2cc(Cl)ccc12)C1CCCN(S(=O)(=O)c2ccc(Br)cc2)C1. The minimum Gasteiger partial charge on any atom is -0.383 e. The average Bonchev–Trinajstić information content (AvgIpc) is 2.82. The molecule has 0 aliphatic carbocycles. The van der Waals surface area contributed by atoms with Gasteiger partial charge >= 0.3 is 0 Å². The van der Waals surface area contributed by atoms with Crippen molar-refractivity contribution in [3.63, 3.8) is 0 Å². The van der Waals surface area contributed by atoms with Gasteiger partial charge in [-0.1, -0.05) is 27.5 Å². The fraction of sp³-hybridized carbons (Fsp3) is 0.304. The Balaban J connectivity index is 1.31. The van der Waals surface area contributed by atoms with Crippen molar-refractivity contribution in [3.05, 3.63) is 64.2 Å². The molecule has 1 fully saturated rings. The molecule has 7 nitrogen and oxygen atoms in total. The van der Waals surface area contributed by atoms with E-state index in [4.69, 9.17) is 11.6 Å². The molecule has 0 radical (unpaired) electrons. The zero-order valence-corrected chi connectivity index (χ0v) is 21.0. The molecule has 0 saturated carbocycles. The fourth-order valence-corrected chi connectivity index (χ4v) is 5.89. The van der Waals surface area contributed by atoms with Crippen molar-refractivity contribution in [1.29, 1.82) is 0 Å². The number of carbonyl (C=O) groups is 1. The lowest BCUT2D eigenvalue weighted by molar-refractivity contribution is -0.125. The second kappa shape index (κ2) is 10.4. The number of nitrogens with zero attached hydrogens (tertiary/aromatic N) is 2. The number of rotatable bonds is 7. The Kier molecular flexibility index (Phi) is 7.53. The topological polar surface area (TPSA) is 91.4 Å². The van der Waals surface area contributed by atoms with Gasteiger partial charge < -0.3 is 10.6 Å². The molecule has 0 bridgehead atoms. The van der Waals surface area contributed by atoms with E-state index >= 15 is 0 Å². The van der Waals surface area contributed by atoms with E-state index in [9.17, 15) is 13.2 Å². The monoisotopic (exact) mass is 550 g/mol. The van der Waals surface area contributed by atoms with E-state index in [2.05, 4.69) is 31.5 Å². The molecule has 2 aromatic carbocycles. The summed E-state index contributed by atoms with van der Waals surface area (Å²) in [5, 5.41) is 7.83. The summed E-state index contributed by atoms with van der Waals surface area (Å²) in [4.78, 5) is 17.3. The molecule has 2 heterocycles. The molecule has 1 aliphatic rings. The van der Waals surface area contributed by atoms with Gasteiger partial charge in [-0.3, -0.25) is 9.78 Å². The van der Waals surface area contributed by atoms with Crippen LogP contribution in [-0.4, -0.2) is 49.8 Å². The smallest absolute Gasteiger partial charge is 0.243 e. The van der Waals surface area contributed by atoms with Crippen molar-refractivity contribution < 1.29 is 13.2 Å². The van der Waals surface area contributed by atoms with Gasteiger partial charge in [0.25, 0.3) is 0 Å². The summed E-state index contributed by atoms with van der Waals surface area (Å²) in [5.41, 5.74) is 1.71. The van der Waals surface area contributed by atoms with E-state index in [1.807, 2.05) is 18.2 Å². The molecule has 174 valence electrons. The number of sulfonamides is 1. The Labute approximate surface area is 206 Å². The van der Waals surface area contributed by atoms with Gasteiger partial charge in [0, 0.05) is 52.9 Å². The fourth-order valence-electron chi connectivity index (χ4n) is 3.93. The Hall–Kier alpha value is -2.20. The number of halogens is 2. The van der Waals surface area contributed by atoms with Gasteiger partial charge in [-0.15, -0.1) is 0 Å². The second-order valence-electron chi connectivity index (χ2n) is 7.89. The van der Waals surface area contributed by atoms with Crippen LogP contribution in [0.15, 0.2) is 64.1 Å². The summed E-state index contributed by atoms with van der Waals surface area (Å²) in [7, 11) is -3.63. The van der Waals surface area contributed by atoms with Crippen LogP contribution in [0.5, 0.6) is 0 Å². The van der Waals surface area contributed by atoms with E-state index in [1.54, 1.807) is 36.5 Å². The molecule has 10 heteroatoms. The highest BCUT2D eigenvalue weighted by Gasteiger charge is 2.33. The molecule has 1 amide bonds. The molecular formula is C23H24BrClN4O3S. The number of benzene rings is 2. The van der Waals surface area contributed by atoms with E-state index in [0.717, 1.165) is 21.1 Å². The van der Waals surface area contributed by atoms with Crippen molar-refractivity contribution in [2.45, 2.75) is 17.7 Å². The number of fused-ring (bicyclic) bond motifs is 1. The van der Waals surface area contributed by atoms with Gasteiger partial charge in [0.1, 0.15) is 0 Å². The van der Waals surface area contributed by atoms with Crippen LogP contribution in [0.4, 0.5) is 5.69 Å². The molecule has 3 aromatic rings. The third-order valence-corrected chi connectivity index (χ3v) is 8.29. The van der Waals surface area contributed by atoms with Gasteiger partial charge in [0.15, 0.2) is 0 Å². The molecule has 0 spiro atoms. The highest BCUT2D eigenvalue weighted by Crippen LogP contribution is 2.26. The lowest BCUT2D eigenvalue weighted by atomic mass is 9.99. The van der Waals surface area contributed by atoms with Crippen molar-refractivity contribution in [2.24, 2.45) is 5.92 Å². The number of pyridine rings is 1. The van der Waals surface area contributed by atoms with Crippen molar-refractivity contribution in [2.75, 3.05) is 31.5 Å². The third kappa shape index (κ3) is 5.66. The Morgan fingerprint density at radius 1 is 1.15 bits per heavy atom. The largest absolute Gasteiger partial charge is 0.383 e. The van der Waals surface area contributed by atoms with Gasteiger partial charge in [-0.2, -0.15) is 4.31 Å². The van der Waals surface area contributed by atoms with Crippen LogP contribution in [0.3, 0.4) is 0 Å². The number of nitrogens with one attached hydrogen (secondary N) is 2. The molecule has 4 rings (SSSR count). The Bertz CT molecular complexity index is 1250. The zero-order valence-electron chi connectivity index (χ0n) is 17.8. The molecule has 1 aromatic heterocycles. The number of carbonyl (C=O) groups excluding carboxylic acids is 1. The first-order chi connectivity index (χ1) is 15.8. The lowest BCUT2D eigenvalue weighted by Crippen LogP contribution is -2.46. The standard InChI is InChI=1S/C23H24BrClN4O3S/c24-17-3-6-19(7-4-17)33(31,32)29-13-1-2-16(15-29)23(30)28-12-11-27-21-9-10-26-22-14-18(25)5-8-20(21)22/h3-10,14,16H,1-2,11-13,15H2,(H,26,27)(H,28,30). The summed E-state index contributed by atoms with van der Waals surface area (Å²) in [5.74, 6) is -0.494. The van der Waals surface area contributed by atoms with E-state index in [0.29, 0.717) is 37.5 Å². The van der Waals surface area contributed by atoms with Crippen LogP contribution < -0.4 is 10.6 Å². The number of hydrogen-bond acceptors (Lipinski definition) is 5. The first kappa shape index (κ1) is 23.9. The minimum absolute atomic E-state index is 0.126. The van der Waals surface area contributed by atoms with Gasteiger partial charge in [0.2, 0.25) is 15.9 Å². The first-order valence-electron chi connectivity index (χ1n) is 10.7. The summed E-state index contributed by atoms with van der Waals surface area (Å²) in [6, 6.07) is 14.0. The predicted molar refractivity (Wildman–Crippen MR) is 134 cm³/mol. The van der Waals surface area contributed by atoms with Crippen LogP contribution in [0.25, 0.3) is 10.9 Å². The van der Waals surface area contributed by atoms with Gasteiger partial charge in [-0.25, -0.2) is 8.42 Å². The molecule has 2 N–H and O–H groups in total. The number of amides is 1.